The fraction of sp³-hybridized carbons (Fsp3) is 0.130. The second kappa shape index (κ2) is 9.90. The highest BCUT2D eigenvalue weighted by atomic mass is 32.2. The summed E-state index contributed by atoms with van der Waals surface area (Å²) in [6, 6.07) is 22.2. The van der Waals surface area contributed by atoms with E-state index in [1.54, 1.807) is 42.5 Å². The Morgan fingerprint density at radius 1 is 1.03 bits per heavy atom. The molecule has 0 unspecified atom stereocenters. The number of para-hydroxylation sites is 2. The van der Waals surface area contributed by atoms with Crippen LogP contribution < -0.4 is 14.5 Å². The molecule has 8 heteroatoms. The monoisotopic (exact) mass is 437 g/mol. The smallest absolute Gasteiger partial charge is 0.264 e. The molecule has 0 saturated carbocycles. The lowest BCUT2D eigenvalue weighted by Crippen LogP contribution is -2.39. The molecule has 0 saturated heterocycles. The van der Waals surface area contributed by atoms with Gasteiger partial charge in [-0.15, -0.1) is 0 Å². The number of amides is 1. The number of hydrogen-bond acceptors (Lipinski definition) is 5. The molecule has 0 heterocycles. The second-order valence-electron chi connectivity index (χ2n) is 6.70. The van der Waals surface area contributed by atoms with Gasteiger partial charge in [0.15, 0.2) is 0 Å². The highest BCUT2D eigenvalue weighted by Crippen LogP contribution is 2.31. The second-order valence-corrected chi connectivity index (χ2v) is 8.57. The Kier molecular flexibility index (Phi) is 7.04. The van der Waals surface area contributed by atoms with E-state index in [1.807, 2.05) is 31.2 Å². The minimum Gasteiger partial charge on any atom is -0.495 e. The molecule has 1 amide bonds. The van der Waals surface area contributed by atoms with Gasteiger partial charge in [0.1, 0.15) is 12.3 Å². The summed E-state index contributed by atoms with van der Waals surface area (Å²) in [6.45, 7) is 1.48. The van der Waals surface area contributed by atoms with Crippen molar-refractivity contribution in [1.82, 2.24) is 5.43 Å². The molecule has 0 aromatic heterocycles. The van der Waals surface area contributed by atoms with Crippen LogP contribution in [0, 0.1) is 6.92 Å². The van der Waals surface area contributed by atoms with Crippen molar-refractivity contribution in [3.05, 3.63) is 90.0 Å². The van der Waals surface area contributed by atoms with E-state index in [9.17, 15) is 13.2 Å². The molecule has 0 aliphatic rings. The molecule has 0 aliphatic carbocycles. The average molecular weight is 438 g/mol. The standard InChI is InChI=1S/C23H23N3O4S/c1-18-9-8-10-19(15-18)16-24-25-23(27)17-26(21-13-6-7-14-22(21)30-2)31(28,29)20-11-4-3-5-12-20/h3-16H,17H2,1-2H3,(H,25,27). The Morgan fingerprint density at radius 3 is 2.45 bits per heavy atom. The Balaban J connectivity index is 1.87. The van der Waals surface area contributed by atoms with Gasteiger partial charge in [0.25, 0.3) is 15.9 Å². The van der Waals surface area contributed by atoms with Crippen molar-refractivity contribution in [3.8, 4) is 5.75 Å². The SMILES string of the molecule is COc1ccccc1N(CC(=O)NN=Cc1cccc(C)c1)S(=O)(=O)c1ccccc1. The van der Waals surface area contributed by atoms with Crippen molar-refractivity contribution in [3.63, 3.8) is 0 Å². The first-order valence-electron chi connectivity index (χ1n) is 9.51. The van der Waals surface area contributed by atoms with Gasteiger partial charge in [0.05, 0.1) is 23.9 Å². The van der Waals surface area contributed by atoms with E-state index in [2.05, 4.69) is 10.5 Å². The summed E-state index contributed by atoms with van der Waals surface area (Å²) in [7, 11) is -2.58. The molecule has 0 aliphatic heterocycles. The summed E-state index contributed by atoms with van der Waals surface area (Å²) in [5.41, 5.74) is 4.53. The van der Waals surface area contributed by atoms with Gasteiger partial charge in [-0.25, -0.2) is 13.8 Å². The molecule has 160 valence electrons. The van der Waals surface area contributed by atoms with Crippen molar-refractivity contribution < 1.29 is 17.9 Å². The zero-order valence-corrected chi connectivity index (χ0v) is 18.0. The first kappa shape index (κ1) is 22.0. The summed E-state index contributed by atoms with van der Waals surface area (Å²) < 4.78 is 33.0. The Hall–Kier alpha value is -3.65. The zero-order valence-electron chi connectivity index (χ0n) is 17.2. The van der Waals surface area contributed by atoms with Crippen molar-refractivity contribution in [1.29, 1.82) is 0 Å². The highest BCUT2D eigenvalue weighted by Gasteiger charge is 2.29. The molecular formula is C23H23N3O4S. The topological polar surface area (TPSA) is 88.1 Å². The van der Waals surface area contributed by atoms with Crippen molar-refractivity contribution in [2.45, 2.75) is 11.8 Å². The normalized spacial score (nSPS) is 11.3. The molecule has 3 aromatic carbocycles. The third-order valence-corrected chi connectivity index (χ3v) is 6.19. The fourth-order valence-corrected chi connectivity index (χ4v) is 4.40. The van der Waals surface area contributed by atoms with E-state index in [1.165, 1.54) is 25.5 Å². The third kappa shape index (κ3) is 5.49. The zero-order chi connectivity index (χ0) is 22.3. The van der Waals surface area contributed by atoms with Crippen molar-refractivity contribution in [2.75, 3.05) is 18.0 Å². The maximum absolute atomic E-state index is 13.3. The largest absolute Gasteiger partial charge is 0.495 e. The molecule has 0 atom stereocenters. The summed E-state index contributed by atoms with van der Waals surface area (Å²) in [5.74, 6) is -0.257. The van der Waals surface area contributed by atoms with E-state index in [-0.39, 0.29) is 10.6 Å². The summed E-state index contributed by atoms with van der Waals surface area (Å²) in [4.78, 5) is 12.7. The van der Waals surface area contributed by atoms with Crippen LogP contribution in [0.25, 0.3) is 0 Å². The van der Waals surface area contributed by atoms with Gasteiger partial charge in [-0.3, -0.25) is 9.10 Å². The van der Waals surface area contributed by atoms with Crippen LogP contribution in [0.5, 0.6) is 5.75 Å². The van der Waals surface area contributed by atoms with Gasteiger partial charge in [-0.2, -0.15) is 5.10 Å². The van der Waals surface area contributed by atoms with Gasteiger partial charge < -0.3 is 4.74 Å². The predicted molar refractivity (Wildman–Crippen MR) is 121 cm³/mol. The van der Waals surface area contributed by atoms with Crippen LogP contribution in [0.1, 0.15) is 11.1 Å². The van der Waals surface area contributed by atoms with Crippen LogP contribution >= 0.6 is 0 Å². The molecule has 31 heavy (non-hydrogen) atoms. The Labute approximate surface area is 182 Å². The van der Waals surface area contributed by atoms with Crippen LogP contribution in [0.2, 0.25) is 0 Å². The quantitative estimate of drug-likeness (QED) is 0.432. The van der Waals surface area contributed by atoms with Crippen molar-refractivity contribution in [2.24, 2.45) is 5.10 Å². The number of hydrazone groups is 1. The summed E-state index contributed by atoms with van der Waals surface area (Å²) >= 11 is 0. The number of benzene rings is 3. The molecule has 0 bridgehead atoms. The number of nitrogens with one attached hydrogen (secondary N) is 1. The maximum atomic E-state index is 13.3. The fourth-order valence-electron chi connectivity index (χ4n) is 2.95. The lowest BCUT2D eigenvalue weighted by molar-refractivity contribution is -0.119. The number of carbonyl (C=O) groups is 1. The predicted octanol–water partition coefficient (Wildman–Crippen LogP) is 3.35. The van der Waals surface area contributed by atoms with Crippen LogP contribution in [0.3, 0.4) is 0 Å². The van der Waals surface area contributed by atoms with E-state index < -0.39 is 22.5 Å². The number of hydrogen-bond donors (Lipinski definition) is 1. The number of rotatable bonds is 8. The van der Waals surface area contributed by atoms with E-state index in [4.69, 9.17) is 4.74 Å². The Bertz CT molecular complexity index is 1180. The summed E-state index contributed by atoms with van der Waals surface area (Å²) in [6.07, 6.45) is 1.50. The molecule has 7 nitrogen and oxygen atoms in total. The number of ether oxygens (including phenoxy) is 1. The third-order valence-electron chi connectivity index (χ3n) is 4.42. The first-order chi connectivity index (χ1) is 14.9. The van der Waals surface area contributed by atoms with Crippen LogP contribution in [-0.2, 0) is 14.8 Å². The van der Waals surface area contributed by atoms with Gasteiger partial charge >= 0.3 is 0 Å². The molecular weight excluding hydrogens is 414 g/mol. The number of methoxy groups -OCH3 is 1. The lowest BCUT2D eigenvalue weighted by atomic mass is 10.2. The minimum absolute atomic E-state index is 0.0666. The van der Waals surface area contributed by atoms with E-state index >= 15 is 0 Å². The number of carbonyl (C=O) groups excluding carboxylic acids is 1. The highest BCUT2D eigenvalue weighted by molar-refractivity contribution is 7.92. The minimum atomic E-state index is -4.02. The van der Waals surface area contributed by atoms with Crippen LogP contribution in [-0.4, -0.2) is 34.2 Å². The molecule has 0 fully saturated rings. The molecule has 3 rings (SSSR count). The van der Waals surface area contributed by atoms with Gasteiger partial charge in [-0.1, -0.05) is 60.2 Å². The number of nitrogens with zero attached hydrogens (tertiary/aromatic N) is 2. The van der Waals surface area contributed by atoms with Gasteiger partial charge in [-0.05, 0) is 36.8 Å². The molecule has 3 aromatic rings. The molecule has 0 radical (unpaired) electrons. The lowest BCUT2D eigenvalue weighted by Gasteiger charge is -2.25. The number of anilines is 1. The van der Waals surface area contributed by atoms with Gasteiger partial charge in [0, 0.05) is 0 Å². The first-order valence-corrected chi connectivity index (χ1v) is 10.9. The average Bonchev–Trinajstić information content (AvgIpc) is 2.78. The molecule has 0 spiro atoms. The van der Waals surface area contributed by atoms with Crippen LogP contribution in [0.4, 0.5) is 5.69 Å². The summed E-state index contributed by atoms with van der Waals surface area (Å²) in [5, 5.41) is 3.95. The number of aryl methyl sites for hydroxylation is 1. The maximum Gasteiger partial charge on any atom is 0.264 e. The van der Waals surface area contributed by atoms with E-state index in [0.29, 0.717) is 5.75 Å². The van der Waals surface area contributed by atoms with Gasteiger partial charge in [0.2, 0.25) is 0 Å². The van der Waals surface area contributed by atoms with Crippen molar-refractivity contribution >= 4 is 27.8 Å². The van der Waals surface area contributed by atoms with E-state index in [0.717, 1.165) is 15.4 Å². The Morgan fingerprint density at radius 2 is 1.74 bits per heavy atom. The molecule has 1 N–H and O–H groups in total. The van der Waals surface area contributed by atoms with Crippen LogP contribution in [0.15, 0.2) is 88.9 Å². The number of sulfonamides is 1.